The van der Waals surface area contributed by atoms with E-state index in [1.54, 1.807) is 36.5 Å². The highest BCUT2D eigenvalue weighted by Crippen LogP contribution is 2.20. The number of aromatic nitrogens is 2. The summed E-state index contributed by atoms with van der Waals surface area (Å²) in [5.74, 6) is -2.97. The number of benzene rings is 4. The highest BCUT2D eigenvalue weighted by atomic mass is 16.4. The lowest BCUT2D eigenvalue weighted by molar-refractivity contribution is -0.145. The molecule has 5 rings (SSSR count). The Kier molecular flexibility index (Phi) is 12.1. The van der Waals surface area contributed by atoms with Crippen molar-refractivity contribution in [3.63, 3.8) is 0 Å². The maximum Gasteiger partial charge on any atom is 0.326 e. The van der Waals surface area contributed by atoms with Crippen LogP contribution in [0.4, 0.5) is 0 Å². The summed E-state index contributed by atoms with van der Waals surface area (Å²) in [6.45, 7) is 0. The van der Waals surface area contributed by atoms with Gasteiger partial charge in [-0.25, -0.2) is 9.78 Å². The molecule has 0 aliphatic carbocycles. The third-order valence-corrected chi connectivity index (χ3v) is 8.42. The number of carboxylic acids is 1. The minimum absolute atomic E-state index is 0.0301. The molecule has 0 aliphatic heterocycles. The number of imidazole rings is 1. The zero-order valence-corrected chi connectivity index (χ0v) is 28.0. The van der Waals surface area contributed by atoms with Crippen LogP contribution in [-0.2, 0) is 38.4 Å². The molecule has 3 atom stereocenters. The van der Waals surface area contributed by atoms with Gasteiger partial charge in [-0.05, 0) is 46.0 Å². The van der Waals surface area contributed by atoms with Gasteiger partial charge in [-0.2, -0.15) is 0 Å². The molecule has 0 fully saturated rings. The number of hydrogen-bond acceptors (Lipinski definition) is 6. The van der Waals surface area contributed by atoms with Gasteiger partial charge in [0.2, 0.25) is 17.7 Å². The third-order valence-electron chi connectivity index (χ3n) is 8.42. The highest BCUT2D eigenvalue weighted by Gasteiger charge is 2.34. The van der Waals surface area contributed by atoms with Gasteiger partial charge in [0, 0.05) is 44.3 Å². The van der Waals surface area contributed by atoms with Gasteiger partial charge in [0.15, 0.2) is 0 Å². The van der Waals surface area contributed by atoms with Crippen LogP contribution in [0.25, 0.3) is 17.2 Å². The Morgan fingerprint density at radius 2 is 1.39 bits per heavy atom. The predicted molar refractivity (Wildman–Crippen MR) is 193 cm³/mol. The van der Waals surface area contributed by atoms with E-state index >= 15 is 0 Å². The molecule has 5 aromatic rings. The number of phenolic OH excluding ortho intramolecular Hbond substituents is 1. The Bertz CT molecular complexity index is 1930. The summed E-state index contributed by atoms with van der Waals surface area (Å²) in [6.07, 6.45) is 6.11. The van der Waals surface area contributed by atoms with E-state index in [9.17, 15) is 29.4 Å². The maximum absolute atomic E-state index is 14.2. The average Bonchev–Trinajstić information content (AvgIpc) is 3.67. The first-order chi connectivity index (χ1) is 24.7. The highest BCUT2D eigenvalue weighted by molar-refractivity contribution is 5.97. The number of likely N-dealkylation sites (N-methyl/N-ethyl adjacent to an activating group) is 1. The number of carbonyl (C=O) groups excluding carboxylic acids is 3. The molecule has 0 radical (unpaired) electrons. The third kappa shape index (κ3) is 10.3. The van der Waals surface area contributed by atoms with Crippen molar-refractivity contribution in [2.75, 3.05) is 7.05 Å². The first-order valence-electron chi connectivity index (χ1n) is 16.4. The van der Waals surface area contributed by atoms with E-state index < -0.39 is 41.8 Å². The Balaban J connectivity index is 1.34. The normalized spacial score (nSPS) is 12.8. The molecular formula is C40H39N5O6. The van der Waals surface area contributed by atoms with Gasteiger partial charge >= 0.3 is 5.97 Å². The summed E-state index contributed by atoms with van der Waals surface area (Å²) in [4.78, 5) is 61.7. The summed E-state index contributed by atoms with van der Waals surface area (Å²) in [5, 5.41) is 25.0. The topological polar surface area (TPSA) is 165 Å². The van der Waals surface area contributed by atoms with Gasteiger partial charge in [0.1, 0.15) is 23.9 Å². The zero-order valence-electron chi connectivity index (χ0n) is 28.0. The van der Waals surface area contributed by atoms with Gasteiger partial charge in [-0.1, -0.05) is 97.1 Å². The van der Waals surface area contributed by atoms with Crippen LogP contribution < -0.4 is 10.6 Å². The number of carbonyl (C=O) groups is 4. The van der Waals surface area contributed by atoms with E-state index in [4.69, 9.17) is 0 Å². The van der Waals surface area contributed by atoms with Crippen LogP contribution in [0.15, 0.2) is 128 Å². The molecule has 0 bridgehead atoms. The molecule has 1 heterocycles. The van der Waals surface area contributed by atoms with Crippen molar-refractivity contribution in [3.8, 4) is 16.9 Å². The van der Waals surface area contributed by atoms with Crippen LogP contribution in [0.1, 0.15) is 22.4 Å². The largest absolute Gasteiger partial charge is 0.508 e. The molecule has 0 unspecified atom stereocenters. The van der Waals surface area contributed by atoms with E-state index in [0.717, 1.165) is 22.3 Å². The molecule has 5 N–H and O–H groups in total. The van der Waals surface area contributed by atoms with Crippen molar-refractivity contribution in [2.45, 2.75) is 37.4 Å². The van der Waals surface area contributed by atoms with Gasteiger partial charge in [-0.15, -0.1) is 0 Å². The summed E-state index contributed by atoms with van der Waals surface area (Å²) >= 11 is 0. The number of rotatable bonds is 15. The van der Waals surface area contributed by atoms with Crippen LogP contribution in [0.5, 0.6) is 5.75 Å². The molecule has 1 aromatic heterocycles. The quantitative estimate of drug-likeness (QED) is 0.102. The second-order valence-electron chi connectivity index (χ2n) is 12.1. The summed E-state index contributed by atoms with van der Waals surface area (Å²) in [7, 11) is 1.46. The van der Waals surface area contributed by atoms with Gasteiger partial charge < -0.3 is 30.7 Å². The first kappa shape index (κ1) is 35.8. The fourth-order valence-electron chi connectivity index (χ4n) is 5.60. The number of aromatic hydroxyl groups is 1. The second-order valence-corrected chi connectivity index (χ2v) is 12.1. The van der Waals surface area contributed by atoms with Crippen LogP contribution in [0, 0.1) is 0 Å². The van der Waals surface area contributed by atoms with Crippen molar-refractivity contribution in [2.24, 2.45) is 0 Å². The lowest BCUT2D eigenvalue weighted by Crippen LogP contribution is -2.57. The van der Waals surface area contributed by atoms with E-state index in [1.807, 2.05) is 72.8 Å². The molecule has 0 saturated carbocycles. The molecular weight excluding hydrogens is 646 g/mol. The molecule has 0 aliphatic rings. The number of hydrogen-bond donors (Lipinski definition) is 5. The molecule has 0 spiro atoms. The molecule has 3 amide bonds. The smallest absolute Gasteiger partial charge is 0.326 e. The summed E-state index contributed by atoms with van der Waals surface area (Å²) < 4.78 is 0. The number of amides is 3. The second kappa shape index (κ2) is 17.3. The minimum Gasteiger partial charge on any atom is -0.508 e. The monoisotopic (exact) mass is 685 g/mol. The van der Waals surface area contributed by atoms with Crippen molar-refractivity contribution in [1.29, 1.82) is 0 Å². The molecule has 11 heteroatoms. The Morgan fingerprint density at radius 1 is 0.765 bits per heavy atom. The molecule has 0 saturated heterocycles. The van der Waals surface area contributed by atoms with Gasteiger partial charge in [0.25, 0.3) is 0 Å². The van der Waals surface area contributed by atoms with Crippen molar-refractivity contribution in [3.05, 3.63) is 150 Å². The average molecular weight is 686 g/mol. The molecule has 4 aromatic carbocycles. The van der Waals surface area contributed by atoms with Crippen LogP contribution in [0.3, 0.4) is 0 Å². The van der Waals surface area contributed by atoms with Gasteiger partial charge in [0.05, 0.1) is 6.33 Å². The minimum atomic E-state index is -1.31. The van der Waals surface area contributed by atoms with E-state index in [0.29, 0.717) is 11.3 Å². The SMILES string of the molecule is CN(C(=O)[C@@H](Cc1cnc[nH]1)NC(=O)/C=C/c1ccc(-c2ccccc2)cc1)[C@@H](Cc1ccccc1)C(=O)N[C@@H](Cc1ccc(O)cc1)C(=O)O. The van der Waals surface area contributed by atoms with Crippen molar-refractivity contribution < 1.29 is 29.4 Å². The molecule has 51 heavy (non-hydrogen) atoms. The summed E-state index contributed by atoms with van der Waals surface area (Å²) in [6, 6.07) is 29.2. The number of aromatic amines is 1. The summed E-state index contributed by atoms with van der Waals surface area (Å²) in [5.41, 5.74) is 4.83. The number of H-pyrrole nitrogens is 1. The van der Waals surface area contributed by atoms with Crippen molar-refractivity contribution in [1.82, 2.24) is 25.5 Å². The lowest BCUT2D eigenvalue weighted by atomic mass is 10.0. The lowest BCUT2D eigenvalue weighted by Gasteiger charge is -2.31. The standard InChI is InChI=1S/C40H39N5O6/c1-45(36(23-28-8-4-2-5-9-28)38(48)44-35(40(50)51)22-29-14-19-33(46)20-15-29)39(49)34(24-32-25-41-26-42-32)43-37(47)21-16-27-12-17-31(18-13-27)30-10-6-3-7-11-30/h2-21,25-26,34-36,46H,22-24H2,1H3,(H,41,42)(H,43,47)(H,44,48)(H,50,51)/b21-16+/t34-,35+,36+/m1/s1. The number of nitrogens with zero attached hydrogens (tertiary/aromatic N) is 2. The van der Waals surface area contributed by atoms with Crippen LogP contribution >= 0.6 is 0 Å². The fraction of sp³-hybridized carbons (Fsp3) is 0.175. The van der Waals surface area contributed by atoms with E-state index in [-0.39, 0.29) is 25.0 Å². The Hall–Kier alpha value is -6.49. The maximum atomic E-state index is 14.2. The number of aliphatic carboxylic acids is 1. The first-order valence-corrected chi connectivity index (χ1v) is 16.4. The molecule has 11 nitrogen and oxygen atoms in total. The van der Waals surface area contributed by atoms with Crippen molar-refractivity contribution >= 4 is 29.8 Å². The Labute approximate surface area is 295 Å². The number of carboxylic acid groups (broad SMARTS) is 1. The van der Waals surface area contributed by atoms with Crippen LogP contribution in [0.2, 0.25) is 0 Å². The predicted octanol–water partition coefficient (Wildman–Crippen LogP) is 4.40. The van der Waals surface area contributed by atoms with E-state index in [2.05, 4.69) is 20.6 Å². The van der Waals surface area contributed by atoms with E-state index in [1.165, 1.54) is 36.5 Å². The van der Waals surface area contributed by atoms with Gasteiger partial charge in [-0.3, -0.25) is 14.4 Å². The Morgan fingerprint density at radius 3 is 2.02 bits per heavy atom. The van der Waals surface area contributed by atoms with Crippen LogP contribution in [-0.4, -0.2) is 73.9 Å². The molecule has 260 valence electrons. The number of nitrogens with one attached hydrogen (secondary N) is 3. The zero-order chi connectivity index (χ0) is 36.2. The number of phenols is 1. The fourth-order valence-corrected chi connectivity index (χ4v) is 5.60.